The number of rotatable bonds is 4. The second-order valence-electron chi connectivity index (χ2n) is 2.49. The first-order valence-corrected chi connectivity index (χ1v) is 3.49. The second kappa shape index (κ2) is 4.71. The Hall–Kier alpha value is -1.06. The molecule has 4 nitrogen and oxygen atoms in total. The van der Waals surface area contributed by atoms with Crippen molar-refractivity contribution in [1.82, 2.24) is 5.43 Å². The minimum absolute atomic E-state index is 0.0865. The lowest BCUT2D eigenvalue weighted by Crippen LogP contribution is -2.33. The van der Waals surface area contributed by atoms with Crippen LogP contribution >= 0.6 is 0 Å². The Morgan fingerprint density at radius 3 is 2.45 bits per heavy atom. The Morgan fingerprint density at radius 1 is 1.55 bits per heavy atom. The van der Waals surface area contributed by atoms with Gasteiger partial charge in [-0.25, -0.2) is 4.79 Å². The largest absolute Gasteiger partial charge is 0.461 e. The van der Waals surface area contributed by atoms with Crippen LogP contribution in [-0.2, 0) is 9.53 Å². The first kappa shape index (κ1) is 9.94. The van der Waals surface area contributed by atoms with Gasteiger partial charge in [0.15, 0.2) is 0 Å². The molecule has 64 valence electrons. The molecule has 0 unspecified atom stereocenters. The van der Waals surface area contributed by atoms with E-state index in [0.717, 1.165) is 0 Å². The van der Waals surface area contributed by atoms with E-state index in [1.54, 1.807) is 20.8 Å². The normalized spacial score (nSPS) is 12.4. The molecule has 0 aliphatic heterocycles. The van der Waals surface area contributed by atoms with Crippen LogP contribution in [0.15, 0.2) is 5.10 Å². The zero-order chi connectivity index (χ0) is 8.85. The number of hydrogen-bond acceptors (Lipinski definition) is 4. The summed E-state index contributed by atoms with van der Waals surface area (Å²) in [4.78, 5) is 11.0. The van der Waals surface area contributed by atoms with Crippen LogP contribution < -0.4 is 5.43 Å². The van der Waals surface area contributed by atoms with Crippen LogP contribution in [0.4, 0.5) is 0 Å². The SMILES string of the molecule is C=NN[C@@H](C)C(=O)OC(C)C. The quantitative estimate of drug-likeness (QED) is 0.369. The highest BCUT2D eigenvalue weighted by atomic mass is 16.5. The van der Waals surface area contributed by atoms with Gasteiger partial charge in [0.25, 0.3) is 0 Å². The molecule has 0 aliphatic rings. The third-order valence-corrected chi connectivity index (χ3v) is 0.990. The zero-order valence-corrected chi connectivity index (χ0v) is 7.13. The number of carbonyl (C=O) groups excluding carboxylic acids is 1. The van der Waals surface area contributed by atoms with Crippen molar-refractivity contribution in [2.45, 2.75) is 32.9 Å². The first-order chi connectivity index (χ1) is 5.07. The predicted octanol–water partition coefficient (Wildman–Crippen LogP) is 0.532. The fourth-order valence-electron chi connectivity index (χ4n) is 0.524. The summed E-state index contributed by atoms with van der Waals surface area (Å²) in [6, 6.07) is -0.421. The summed E-state index contributed by atoms with van der Waals surface area (Å²) in [5.41, 5.74) is 2.49. The maximum absolute atomic E-state index is 11.0. The minimum Gasteiger partial charge on any atom is -0.461 e. The van der Waals surface area contributed by atoms with Gasteiger partial charge in [-0.3, -0.25) is 5.43 Å². The zero-order valence-electron chi connectivity index (χ0n) is 7.13. The topological polar surface area (TPSA) is 50.7 Å². The summed E-state index contributed by atoms with van der Waals surface area (Å²) in [6.07, 6.45) is -0.0865. The van der Waals surface area contributed by atoms with Crippen LogP contribution in [0.2, 0.25) is 0 Å². The van der Waals surface area contributed by atoms with Crippen molar-refractivity contribution in [2.75, 3.05) is 0 Å². The third-order valence-electron chi connectivity index (χ3n) is 0.990. The van der Waals surface area contributed by atoms with E-state index in [-0.39, 0.29) is 12.1 Å². The van der Waals surface area contributed by atoms with Crippen molar-refractivity contribution in [3.8, 4) is 0 Å². The predicted molar refractivity (Wildman–Crippen MR) is 43.4 cm³/mol. The molecular weight excluding hydrogens is 144 g/mol. The maximum Gasteiger partial charge on any atom is 0.330 e. The molecular formula is C7H14N2O2. The maximum atomic E-state index is 11.0. The molecule has 0 aliphatic carbocycles. The molecule has 0 radical (unpaired) electrons. The van der Waals surface area contributed by atoms with Gasteiger partial charge in [0, 0.05) is 6.72 Å². The smallest absolute Gasteiger partial charge is 0.330 e. The molecule has 0 aromatic rings. The molecule has 0 amide bonds. The Labute approximate surface area is 66.6 Å². The molecule has 11 heavy (non-hydrogen) atoms. The van der Waals surface area contributed by atoms with E-state index in [0.29, 0.717) is 0 Å². The highest BCUT2D eigenvalue weighted by Gasteiger charge is 2.13. The number of nitrogens with zero attached hydrogens (tertiary/aromatic N) is 1. The fraction of sp³-hybridized carbons (Fsp3) is 0.714. The van der Waals surface area contributed by atoms with E-state index in [1.807, 2.05) is 0 Å². The standard InChI is InChI=1S/C7H14N2O2/c1-5(2)11-7(10)6(3)9-8-4/h5-6,9H,4H2,1-3H3/t6-/m0/s1. The van der Waals surface area contributed by atoms with Gasteiger partial charge in [0.05, 0.1) is 6.10 Å². The highest BCUT2D eigenvalue weighted by molar-refractivity contribution is 5.75. The summed E-state index contributed by atoms with van der Waals surface area (Å²) in [6.45, 7) is 8.45. The monoisotopic (exact) mass is 158 g/mol. The van der Waals surface area contributed by atoms with Gasteiger partial charge in [-0.05, 0) is 20.8 Å². The fourth-order valence-corrected chi connectivity index (χ4v) is 0.524. The van der Waals surface area contributed by atoms with Crippen LogP contribution in [0, 0.1) is 0 Å². The van der Waals surface area contributed by atoms with E-state index in [9.17, 15) is 4.79 Å². The second-order valence-corrected chi connectivity index (χ2v) is 2.49. The average Bonchev–Trinajstić information content (AvgIpc) is 1.86. The minimum atomic E-state index is -0.421. The van der Waals surface area contributed by atoms with Crippen molar-refractivity contribution >= 4 is 12.7 Å². The van der Waals surface area contributed by atoms with E-state index < -0.39 is 6.04 Å². The van der Waals surface area contributed by atoms with Gasteiger partial charge in [0.2, 0.25) is 0 Å². The average molecular weight is 158 g/mol. The Balaban J connectivity index is 3.72. The van der Waals surface area contributed by atoms with Crippen LogP contribution in [0.25, 0.3) is 0 Å². The molecule has 0 spiro atoms. The van der Waals surface area contributed by atoms with Crippen LogP contribution in [0.5, 0.6) is 0 Å². The molecule has 1 atom stereocenters. The number of carbonyl (C=O) groups is 1. The van der Waals surface area contributed by atoms with E-state index in [4.69, 9.17) is 4.74 Å². The van der Waals surface area contributed by atoms with Crippen molar-refractivity contribution in [3.05, 3.63) is 0 Å². The van der Waals surface area contributed by atoms with Crippen LogP contribution in [0.1, 0.15) is 20.8 Å². The van der Waals surface area contributed by atoms with E-state index in [2.05, 4.69) is 17.2 Å². The number of nitrogens with one attached hydrogen (secondary N) is 1. The molecule has 0 aromatic carbocycles. The van der Waals surface area contributed by atoms with Gasteiger partial charge in [0.1, 0.15) is 6.04 Å². The van der Waals surface area contributed by atoms with Gasteiger partial charge < -0.3 is 4.74 Å². The van der Waals surface area contributed by atoms with Gasteiger partial charge in [-0.1, -0.05) is 0 Å². The van der Waals surface area contributed by atoms with E-state index >= 15 is 0 Å². The summed E-state index contributed by atoms with van der Waals surface area (Å²) in [5, 5.41) is 3.36. The van der Waals surface area contributed by atoms with E-state index in [1.165, 1.54) is 0 Å². The molecule has 0 saturated heterocycles. The van der Waals surface area contributed by atoms with Gasteiger partial charge >= 0.3 is 5.97 Å². The molecule has 0 saturated carbocycles. The summed E-state index contributed by atoms with van der Waals surface area (Å²) >= 11 is 0. The van der Waals surface area contributed by atoms with Crippen LogP contribution in [0.3, 0.4) is 0 Å². The lowest BCUT2D eigenvalue weighted by molar-refractivity contribution is -0.149. The summed E-state index contributed by atoms with van der Waals surface area (Å²) in [7, 11) is 0. The number of esters is 1. The number of ether oxygens (including phenoxy) is 1. The Kier molecular flexibility index (Phi) is 4.26. The summed E-state index contributed by atoms with van der Waals surface area (Å²) in [5.74, 6) is -0.313. The number of hydrazone groups is 1. The lowest BCUT2D eigenvalue weighted by Gasteiger charge is -2.12. The molecule has 0 bridgehead atoms. The van der Waals surface area contributed by atoms with Crippen molar-refractivity contribution in [2.24, 2.45) is 5.10 Å². The van der Waals surface area contributed by atoms with Gasteiger partial charge in [-0.2, -0.15) is 5.10 Å². The Morgan fingerprint density at radius 2 is 2.09 bits per heavy atom. The molecule has 1 N–H and O–H groups in total. The van der Waals surface area contributed by atoms with Crippen molar-refractivity contribution in [1.29, 1.82) is 0 Å². The molecule has 4 heteroatoms. The van der Waals surface area contributed by atoms with Gasteiger partial charge in [-0.15, -0.1) is 0 Å². The Bertz CT molecular complexity index is 145. The van der Waals surface area contributed by atoms with Crippen molar-refractivity contribution in [3.63, 3.8) is 0 Å². The molecule has 0 rings (SSSR count). The molecule has 0 fully saturated rings. The van der Waals surface area contributed by atoms with Crippen LogP contribution in [-0.4, -0.2) is 24.8 Å². The lowest BCUT2D eigenvalue weighted by atomic mass is 10.3. The highest BCUT2D eigenvalue weighted by Crippen LogP contribution is 1.93. The summed E-state index contributed by atoms with van der Waals surface area (Å²) < 4.78 is 4.88. The number of hydrogen-bond donors (Lipinski definition) is 1. The van der Waals surface area contributed by atoms with Crippen molar-refractivity contribution < 1.29 is 9.53 Å². The molecule has 0 aromatic heterocycles. The third kappa shape index (κ3) is 4.36. The first-order valence-electron chi connectivity index (χ1n) is 3.49. The molecule has 0 heterocycles.